The fourth-order valence-electron chi connectivity index (χ4n) is 1.06. The smallest absolute Gasteiger partial charge is 0.214 e. The van der Waals surface area contributed by atoms with Crippen molar-refractivity contribution in [2.75, 3.05) is 6.61 Å². The Morgan fingerprint density at radius 3 is 2.93 bits per heavy atom. The van der Waals surface area contributed by atoms with Gasteiger partial charge in [-0.05, 0) is 24.6 Å². The highest BCUT2D eigenvalue weighted by Gasteiger charge is 2.14. The molecule has 0 fully saturated rings. The molecular weight excluding hydrogens is 202 g/mol. The van der Waals surface area contributed by atoms with Crippen LogP contribution in [0.3, 0.4) is 0 Å². The summed E-state index contributed by atoms with van der Waals surface area (Å²) in [7, 11) is 0. The van der Waals surface area contributed by atoms with E-state index in [0.29, 0.717) is 17.2 Å². The molecule has 0 aliphatic rings. The zero-order chi connectivity index (χ0) is 10.6. The van der Waals surface area contributed by atoms with Gasteiger partial charge in [-0.1, -0.05) is 23.7 Å². The number of benzene rings is 1. The molecule has 4 heteroatoms. The van der Waals surface area contributed by atoms with E-state index in [1.165, 1.54) is 0 Å². The minimum absolute atomic E-state index is 0.158. The quantitative estimate of drug-likeness (QED) is 0.598. The Labute approximate surface area is 87.8 Å². The molecule has 0 aromatic heterocycles. The van der Waals surface area contributed by atoms with Crippen molar-refractivity contribution in [3.8, 4) is 0 Å². The standard InChI is InChI=1S/C10H12ClNO2/c1-2-14-10(12)9(13)7-4-3-5-8(11)6-7/h3-6,9,12-13H,2H2,1H3. The van der Waals surface area contributed by atoms with Crippen LogP contribution < -0.4 is 0 Å². The van der Waals surface area contributed by atoms with E-state index in [1.54, 1.807) is 31.2 Å². The number of hydrogen-bond donors (Lipinski definition) is 2. The van der Waals surface area contributed by atoms with Crippen LogP contribution in [0.25, 0.3) is 0 Å². The van der Waals surface area contributed by atoms with E-state index in [-0.39, 0.29) is 5.90 Å². The van der Waals surface area contributed by atoms with Crippen molar-refractivity contribution in [3.63, 3.8) is 0 Å². The zero-order valence-corrected chi connectivity index (χ0v) is 8.58. The third-order valence-electron chi connectivity index (χ3n) is 1.71. The van der Waals surface area contributed by atoms with Crippen molar-refractivity contribution in [2.24, 2.45) is 0 Å². The maximum Gasteiger partial charge on any atom is 0.214 e. The largest absolute Gasteiger partial charge is 0.479 e. The highest BCUT2D eigenvalue weighted by Crippen LogP contribution is 2.18. The summed E-state index contributed by atoms with van der Waals surface area (Å²) in [6.07, 6.45) is -1.03. The summed E-state index contributed by atoms with van der Waals surface area (Å²) in [6, 6.07) is 6.74. The molecule has 1 aromatic rings. The van der Waals surface area contributed by atoms with Crippen LogP contribution in [0.2, 0.25) is 5.02 Å². The molecule has 1 atom stereocenters. The lowest BCUT2D eigenvalue weighted by Gasteiger charge is -2.12. The van der Waals surface area contributed by atoms with Gasteiger partial charge in [-0.25, -0.2) is 0 Å². The minimum atomic E-state index is -1.03. The van der Waals surface area contributed by atoms with Crippen molar-refractivity contribution in [1.82, 2.24) is 0 Å². The summed E-state index contributed by atoms with van der Waals surface area (Å²) in [4.78, 5) is 0. The van der Waals surface area contributed by atoms with Crippen LogP contribution >= 0.6 is 11.6 Å². The van der Waals surface area contributed by atoms with Gasteiger partial charge >= 0.3 is 0 Å². The van der Waals surface area contributed by atoms with Gasteiger partial charge in [-0.3, -0.25) is 5.41 Å². The normalized spacial score (nSPS) is 12.2. The van der Waals surface area contributed by atoms with E-state index < -0.39 is 6.10 Å². The molecule has 0 amide bonds. The van der Waals surface area contributed by atoms with Crippen molar-refractivity contribution < 1.29 is 9.84 Å². The molecule has 0 saturated carbocycles. The van der Waals surface area contributed by atoms with Crippen molar-refractivity contribution >= 4 is 17.5 Å². The predicted octanol–water partition coefficient (Wildman–Crippen LogP) is 2.39. The van der Waals surface area contributed by atoms with Crippen LogP contribution in [0, 0.1) is 5.41 Å². The Bertz CT molecular complexity index is 328. The third-order valence-corrected chi connectivity index (χ3v) is 1.95. The number of nitrogens with one attached hydrogen (secondary N) is 1. The van der Waals surface area contributed by atoms with E-state index in [9.17, 15) is 5.11 Å². The molecule has 0 spiro atoms. The molecule has 1 unspecified atom stereocenters. The summed E-state index contributed by atoms with van der Waals surface area (Å²) in [5, 5.41) is 17.6. The Morgan fingerprint density at radius 1 is 1.64 bits per heavy atom. The number of rotatable bonds is 3. The monoisotopic (exact) mass is 213 g/mol. The van der Waals surface area contributed by atoms with Gasteiger partial charge in [0.25, 0.3) is 0 Å². The van der Waals surface area contributed by atoms with Crippen LogP contribution in [-0.4, -0.2) is 17.6 Å². The molecule has 3 nitrogen and oxygen atoms in total. The molecule has 2 N–H and O–H groups in total. The molecule has 0 bridgehead atoms. The minimum Gasteiger partial charge on any atom is -0.479 e. The van der Waals surface area contributed by atoms with Crippen molar-refractivity contribution in [2.45, 2.75) is 13.0 Å². The van der Waals surface area contributed by atoms with E-state index in [0.717, 1.165) is 0 Å². The van der Waals surface area contributed by atoms with Crippen LogP contribution in [-0.2, 0) is 4.74 Å². The fourth-order valence-corrected chi connectivity index (χ4v) is 1.26. The number of aliphatic hydroxyl groups is 1. The second-order valence-corrected chi connectivity index (χ2v) is 3.19. The Kier molecular flexibility index (Phi) is 3.92. The number of ether oxygens (including phenoxy) is 1. The highest BCUT2D eigenvalue weighted by atomic mass is 35.5. The second-order valence-electron chi connectivity index (χ2n) is 2.75. The van der Waals surface area contributed by atoms with Crippen LogP contribution in [0.5, 0.6) is 0 Å². The lowest BCUT2D eigenvalue weighted by atomic mass is 10.1. The van der Waals surface area contributed by atoms with Gasteiger partial charge in [0.1, 0.15) is 0 Å². The van der Waals surface area contributed by atoms with Crippen molar-refractivity contribution in [3.05, 3.63) is 34.9 Å². The van der Waals surface area contributed by atoms with Gasteiger partial charge in [0.2, 0.25) is 5.90 Å². The van der Waals surface area contributed by atoms with E-state index in [4.69, 9.17) is 21.7 Å². The summed E-state index contributed by atoms with van der Waals surface area (Å²) < 4.78 is 4.89. The summed E-state index contributed by atoms with van der Waals surface area (Å²) in [5.74, 6) is -0.158. The third kappa shape index (κ3) is 2.72. The van der Waals surface area contributed by atoms with Crippen LogP contribution in [0.4, 0.5) is 0 Å². The number of aliphatic hydroxyl groups excluding tert-OH is 1. The lowest BCUT2D eigenvalue weighted by Crippen LogP contribution is -2.14. The van der Waals surface area contributed by atoms with Crippen LogP contribution in [0.15, 0.2) is 24.3 Å². The molecule has 0 saturated heterocycles. The average Bonchev–Trinajstić information content (AvgIpc) is 2.17. The lowest BCUT2D eigenvalue weighted by molar-refractivity contribution is 0.190. The molecule has 0 radical (unpaired) electrons. The fraction of sp³-hybridized carbons (Fsp3) is 0.300. The molecule has 0 aliphatic carbocycles. The van der Waals surface area contributed by atoms with E-state index >= 15 is 0 Å². The Hall–Kier alpha value is -1.06. The summed E-state index contributed by atoms with van der Waals surface area (Å²) in [6.45, 7) is 2.13. The van der Waals surface area contributed by atoms with Gasteiger partial charge in [-0.2, -0.15) is 0 Å². The Balaban J connectivity index is 2.78. The number of hydrogen-bond acceptors (Lipinski definition) is 3. The molecule has 14 heavy (non-hydrogen) atoms. The second kappa shape index (κ2) is 4.98. The molecule has 0 aliphatic heterocycles. The first-order valence-corrected chi connectivity index (χ1v) is 4.67. The van der Waals surface area contributed by atoms with E-state index in [1.807, 2.05) is 0 Å². The van der Waals surface area contributed by atoms with Crippen LogP contribution in [0.1, 0.15) is 18.6 Å². The molecule has 76 valence electrons. The number of halogens is 1. The highest BCUT2D eigenvalue weighted by molar-refractivity contribution is 6.30. The van der Waals surface area contributed by atoms with Gasteiger partial charge in [0.15, 0.2) is 6.10 Å². The summed E-state index contributed by atoms with van der Waals surface area (Å²) >= 11 is 5.75. The zero-order valence-electron chi connectivity index (χ0n) is 7.83. The first kappa shape index (κ1) is 11.0. The first-order chi connectivity index (χ1) is 6.65. The Morgan fingerprint density at radius 2 is 2.36 bits per heavy atom. The molecular formula is C10H12ClNO2. The molecule has 0 heterocycles. The van der Waals surface area contributed by atoms with E-state index in [2.05, 4.69) is 0 Å². The van der Waals surface area contributed by atoms with Gasteiger partial charge < -0.3 is 9.84 Å². The first-order valence-electron chi connectivity index (χ1n) is 4.30. The molecule has 1 aromatic carbocycles. The molecule has 1 rings (SSSR count). The summed E-state index contributed by atoms with van der Waals surface area (Å²) in [5.41, 5.74) is 0.566. The maximum absolute atomic E-state index is 9.64. The van der Waals surface area contributed by atoms with Gasteiger partial charge in [-0.15, -0.1) is 0 Å². The SMILES string of the molecule is CCOC(=N)C(O)c1cccc(Cl)c1. The van der Waals surface area contributed by atoms with Gasteiger partial charge in [0.05, 0.1) is 6.61 Å². The van der Waals surface area contributed by atoms with Gasteiger partial charge in [0, 0.05) is 5.02 Å². The average molecular weight is 214 g/mol. The topological polar surface area (TPSA) is 53.3 Å². The predicted molar refractivity (Wildman–Crippen MR) is 55.8 cm³/mol. The van der Waals surface area contributed by atoms with Crippen molar-refractivity contribution in [1.29, 1.82) is 5.41 Å². The maximum atomic E-state index is 9.64.